The average molecular weight is 306 g/mol. The van der Waals surface area contributed by atoms with Crippen molar-refractivity contribution in [3.05, 3.63) is 36.1 Å². The van der Waals surface area contributed by atoms with E-state index in [1.54, 1.807) is 37.3 Å². The van der Waals surface area contributed by atoms with Gasteiger partial charge in [-0.15, -0.1) is 11.8 Å². The Labute approximate surface area is 127 Å². The number of rotatable bonds is 5. The van der Waals surface area contributed by atoms with Crippen molar-refractivity contribution in [2.24, 2.45) is 5.92 Å². The lowest BCUT2D eigenvalue weighted by molar-refractivity contribution is -0.116. The van der Waals surface area contributed by atoms with Crippen molar-refractivity contribution >= 4 is 23.5 Å². The van der Waals surface area contributed by atoms with Crippen molar-refractivity contribution in [3.63, 3.8) is 0 Å². The smallest absolute Gasteiger partial charge is 0.239 e. The van der Waals surface area contributed by atoms with Crippen LogP contribution in [0.5, 0.6) is 5.75 Å². The van der Waals surface area contributed by atoms with Gasteiger partial charge in [-0.3, -0.25) is 4.79 Å². The van der Waals surface area contributed by atoms with E-state index in [4.69, 9.17) is 4.52 Å². The lowest BCUT2D eigenvalue weighted by atomic mass is 10.1. The minimum Gasteiger partial charge on any atom is -0.508 e. The van der Waals surface area contributed by atoms with Gasteiger partial charge in [-0.25, -0.2) is 0 Å². The fraction of sp³-hybridized carbons (Fsp3) is 0.333. The number of nitrogens with one attached hydrogen (secondary N) is 1. The van der Waals surface area contributed by atoms with Crippen LogP contribution in [0.1, 0.15) is 19.6 Å². The lowest BCUT2D eigenvalue weighted by Gasteiger charge is -2.19. The maximum Gasteiger partial charge on any atom is 0.239 e. The largest absolute Gasteiger partial charge is 0.508 e. The van der Waals surface area contributed by atoms with Gasteiger partial charge in [-0.1, -0.05) is 19.0 Å². The summed E-state index contributed by atoms with van der Waals surface area (Å²) in [5.74, 6) is 1.32. The second-order valence-electron chi connectivity index (χ2n) is 5.09. The molecule has 0 fully saturated rings. The summed E-state index contributed by atoms with van der Waals surface area (Å²) in [4.78, 5) is 13.3. The van der Waals surface area contributed by atoms with Crippen LogP contribution in [0.25, 0.3) is 0 Å². The molecule has 1 aromatic carbocycles. The summed E-state index contributed by atoms with van der Waals surface area (Å²) in [5.41, 5.74) is 0. The van der Waals surface area contributed by atoms with Gasteiger partial charge in [0.15, 0.2) is 5.82 Å². The molecule has 0 aliphatic carbocycles. The Kier molecular flexibility index (Phi) is 4.90. The Morgan fingerprint density at radius 1 is 1.33 bits per heavy atom. The highest BCUT2D eigenvalue weighted by atomic mass is 32.2. The maximum atomic E-state index is 12.4. The Morgan fingerprint density at radius 2 is 2.00 bits per heavy atom. The molecule has 0 radical (unpaired) electrons. The number of carbonyl (C=O) groups is 1. The van der Waals surface area contributed by atoms with Crippen LogP contribution in [0.3, 0.4) is 0 Å². The lowest BCUT2D eigenvalue weighted by Crippen LogP contribution is -2.29. The predicted molar refractivity (Wildman–Crippen MR) is 82.5 cm³/mol. The van der Waals surface area contributed by atoms with Crippen molar-refractivity contribution in [1.82, 2.24) is 5.16 Å². The third-order valence-corrected chi connectivity index (χ3v) is 4.40. The van der Waals surface area contributed by atoms with Crippen molar-refractivity contribution in [3.8, 4) is 5.75 Å². The zero-order chi connectivity index (χ0) is 15.4. The number of anilines is 1. The SMILES string of the molecule is Cc1cc(NC(=O)C(Sc2ccc(O)cc2)C(C)C)no1. The van der Waals surface area contributed by atoms with Gasteiger partial charge in [0.2, 0.25) is 5.91 Å². The summed E-state index contributed by atoms with van der Waals surface area (Å²) < 4.78 is 4.94. The molecule has 1 unspecified atom stereocenters. The number of phenols is 1. The number of thioether (sulfide) groups is 1. The van der Waals surface area contributed by atoms with Crippen molar-refractivity contribution in [1.29, 1.82) is 0 Å². The van der Waals surface area contributed by atoms with E-state index in [-0.39, 0.29) is 22.8 Å². The van der Waals surface area contributed by atoms with Crippen LogP contribution in [0.4, 0.5) is 5.82 Å². The van der Waals surface area contributed by atoms with Gasteiger partial charge in [0.05, 0.1) is 5.25 Å². The molecule has 2 N–H and O–H groups in total. The number of aryl methyl sites for hydroxylation is 1. The average Bonchev–Trinajstić information content (AvgIpc) is 2.82. The van der Waals surface area contributed by atoms with Crippen LogP contribution in [0, 0.1) is 12.8 Å². The molecule has 2 aromatic rings. The number of phenolic OH excluding ortho intramolecular Hbond substituents is 1. The highest BCUT2D eigenvalue weighted by molar-refractivity contribution is 8.00. The summed E-state index contributed by atoms with van der Waals surface area (Å²) >= 11 is 1.46. The number of hydrogen-bond acceptors (Lipinski definition) is 5. The zero-order valence-electron chi connectivity index (χ0n) is 12.2. The minimum atomic E-state index is -0.258. The molecule has 0 bridgehead atoms. The van der Waals surface area contributed by atoms with Gasteiger partial charge in [0.1, 0.15) is 11.5 Å². The molecule has 0 spiro atoms. The number of hydrogen-bond donors (Lipinski definition) is 2. The van der Waals surface area contributed by atoms with E-state index < -0.39 is 0 Å². The maximum absolute atomic E-state index is 12.4. The third kappa shape index (κ3) is 4.26. The first kappa shape index (κ1) is 15.4. The van der Waals surface area contributed by atoms with Crippen LogP contribution in [-0.4, -0.2) is 21.4 Å². The first-order valence-corrected chi connectivity index (χ1v) is 7.53. The highest BCUT2D eigenvalue weighted by Crippen LogP contribution is 2.30. The summed E-state index contributed by atoms with van der Waals surface area (Å²) in [6, 6.07) is 8.49. The van der Waals surface area contributed by atoms with Gasteiger partial charge < -0.3 is 14.9 Å². The number of aromatic nitrogens is 1. The Balaban J connectivity index is 2.07. The fourth-order valence-electron chi connectivity index (χ4n) is 1.79. The van der Waals surface area contributed by atoms with E-state index in [0.29, 0.717) is 11.6 Å². The molecule has 1 amide bonds. The van der Waals surface area contributed by atoms with Crippen molar-refractivity contribution < 1.29 is 14.4 Å². The number of carbonyl (C=O) groups excluding carboxylic acids is 1. The van der Waals surface area contributed by atoms with Gasteiger partial charge in [0, 0.05) is 11.0 Å². The molecule has 0 saturated carbocycles. The second-order valence-corrected chi connectivity index (χ2v) is 6.30. The van der Waals surface area contributed by atoms with Gasteiger partial charge in [0.25, 0.3) is 0 Å². The van der Waals surface area contributed by atoms with Crippen LogP contribution in [-0.2, 0) is 4.79 Å². The van der Waals surface area contributed by atoms with Crippen molar-refractivity contribution in [2.45, 2.75) is 30.9 Å². The molecular formula is C15H18N2O3S. The predicted octanol–water partition coefficient (Wildman–Crippen LogP) is 3.44. The van der Waals surface area contributed by atoms with Crippen molar-refractivity contribution in [2.75, 3.05) is 5.32 Å². The Morgan fingerprint density at radius 3 is 2.52 bits per heavy atom. The van der Waals surface area contributed by atoms with Crippen LogP contribution < -0.4 is 5.32 Å². The molecule has 1 atom stereocenters. The van der Waals surface area contributed by atoms with E-state index in [0.717, 1.165) is 4.90 Å². The molecular weight excluding hydrogens is 288 g/mol. The highest BCUT2D eigenvalue weighted by Gasteiger charge is 2.24. The molecule has 0 aliphatic rings. The number of aromatic hydroxyl groups is 1. The number of benzene rings is 1. The first-order valence-electron chi connectivity index (χ1n) is 6.65. The summed E-state index contributed by atoms with van der Waals surface area (Å²) in [5, 5.41) is 15.6. The summed E-state index contributed by atoms with van der Waals surface area (Å²) in [6.07, 6.45) is 0. The minimum absolute atomic E-state index is 0.114. The monoisotopic (exact) mass is 306 g/mol. The van der Waals surface area contributed by atoms with E-state index in [2.05, 4.69) is 10.5 Å². The van der Waals surface area contributed by atoms with E-state index in [1.807, 2.05) is 13.8 Å². The second kappa shape index (κ2) is 6.67. The summed E-state index contributed by atoms with van der Waals surface area (Å²) in [7, 11) is 0. The molecule has 2 rings (SSSR count). The molecule has 0 aliphatic heterocycles. The first-order chi connectivity index (χ1) is 9.95. The normalized spacial score (nSPS) is 12.4. The zero-order valence-corrected chi connectivity index (χ0v) is 13.0. The van der Waals surface area contributed by atoms with Gasteiger partial charge in [-0.2, -0.15) is 0 Å². The quantitative estimate of drug-likeness (QED) is 0.828. The standard InChI is InChI=1S/C15H18N2O3S/c1-9(2)14(21-12-6-4-11(18)5-7-12)15(19)16-13-8-10(3)20-17-13/h4-9,14,18H,1-3H3,(H,16,17,19). The topological polar surface area (TPSA) is 75.4 Å². The summed E-state index contributed by atoms with van der Waals surface area (Å²) in [6.45, 7) is 5.76. The van der Waals surface area contributed by atoms with E-state index in [9.17, 15) is 9.90 Å². The fourth-order valence-corrected chi connectivity index (χ4v) is 2.81. The van der Waals surface area contributed by atoms with Gasteiger partial charge >= 0.3 is 0 Å². The molecule has 21 heavy (non-hydrogen) atoms. The number of amides is 1. The molecule has 1 heterocycles. The molecule has 112 valence electrons. The van der Waals surface area contributed by atoms with Crippen LogP contribution in [0.15, 0.2) is 39.8 Å². The van der Waals surface area contributed by atoms with Crippen LogP contribution in [0.2, 0.25) is 0 Å². The molecule has 5 nitrogen and oxygen atoms in total. The molecule has 0 saturated heterocycles. The third-order valence-electron chi connectivity index (χ3n) is 2.84. The Bertz CT molecular complexity index is 608. The number of nitrogens with zero attached hydrogens (tertiary/aromatic N) is 1. The molecule has 1 aromatic heterocycles. The van der Waals surface area contributed by atoms with E-state index >= 15 is 0 Å². The van der Waals surface area contributed by atoms with Gasteiger partial charge in [-0.05, 0) is 37.1 Å². The van der Waals surface area contributed by atoms with E-state index in [1.165, 1.54) is 11.8 Å². The Hall–Kier alpha value is -1.95. The van der Waals surface area contributed by atoms with Crippen LogP contribution >= 0.6 is 11.8 Å². The molecule has 6 heteroatoms.